The summed E-state index contributed by atoms with van der Waals surface area (Å²) in [5, 5.41) is 9.94. The fraction of sp³-hybridized carbons (Fsp3) is 0.938. The van der Waals surface area contributed by atoms with Crippen molar-refractivity contribution >= 4 is 5.91 Å². The fourth-order valence-electron chi connectivity index (χ4n) is 2.78. The van der Waals surface area contributed by atoms with Gasteiger partial charge in [-0.2, -0.15) is 0 Å². The Bertz CT molecular complexity index is 325. The number of likely N-dealkylation sites (N-methyl/N-ethyl adjacent to an activating group) is 1. The molecule has 3 unspecified atom stereocenters. The Morgan fingerprint density at radius 3 is 2.73 bits per heavy atom. The van der Waals surface area contributed by atoms with E-state index in [9.17, 15) is 9.90 Å². The summed E-state index contributed by atoms with van der Waals surface area (Å²) in [6.07, 6.45) is 3.16. The number of amides is 1. The quantitative estimate of drug-likeness (QED) is 0.614. The molecule has 0 spiro atoms. The average molecular weight is 316 g/mol. The van der Waals surface area contributed by atoms with E-state index in [1.165, 1.54) is 0 Å². The molecular weight excluding hydrogens is 284 g/mol. The monoisotopic (exact) mass is 316 g/mol. The number of aliphatic hydroxyl groups excluding tert-OH is 1. The molecule has 0 heterocycles. The van der Waals surface area contributed by atoms with Gasteiger partial charge in [-0.3, -0.25) is 4.79 Å². The second-order valence-electron chi connectivity index (χ2n) is 6.49. The number of nitrogens with zero attached hydrogens (tertiary/aromatic N) is 1. The first-order valence-electron chi connectivity index (χ1n) is 8.28. The normalized spacial score (nSPS) is 23.5. The second-order valence-corrected chi connectivity index (χ2v) is 6.49. The van der Waals surface area contributed by atoms with Crippen LogP contribution in [0, 0.1) is 5.92 Å². The van der Waals surface area contributed by atoms with E-state index in [-0.39, 0.29) is 37.1 Å². The molecule has 6 heteroatoms. The Labute approximate surface area is 133 Å². The lowest BCUT2D eigenvalue weighted by molar-refractivity contribution is -0.137. The maximum atomic E-state index is 12.3. The number of aliphatic hydroxyl groups is 1. The molecule has 0 aromatic rings. The van der Waals surface area contributed by atoms with E-state index in [4.69, 9.17) is 15.2 Å². The zero-order valence-corrected chi connectivity index (χ0v) is 14.2. The number of hydrogen-bond acceptors (Lipinski definition) is 5. The molecule has 0 aromatic carbocycles. The van der Waals surface area contributed by atoms with Gasteiger partial charge in [0.2, 0.25) is 5.91 Å². The van der Waals surface area contributed by atoms with Gasteiger partial charge < -0.3 is 25.2 Å². The summed E-state index contributed by atoms with van der Waals surface area (Å²) < 4.78 is 10.7. The molecule has 0 bridgehead atoms. The van der Waals surface area contributed by atoms with E-state index >= 15 is 0 Å². The van der Waals surface area contributed by atoms with Gasteiger partial charge in [-0.1, -0.05) is 6.42 Å². The van der Waals surface area contributed by atoms with Gasteiger partial charge in [0, 0.05) is 25.6 Å². The third-order valence-electron chi connectivity index (χ3n) is 3.91. The lowest BCUT2D eigenvalue weighted by Crippen LogP contribution is -2.42. The van der Waals surface area contributed by atoms with Gasteiger partial charge in [-0.05, 0) is 33.1 Å². The SMILES string of the molecule is CC(C)OCCOCC(O)CN(C)C(=O)C1CCCC(N)C1. The Balaban J connectivity index is 2.19. The van der Waals surface area contributed by atoms with Gasteiger partial charge in [0.1, 0.15) is 0 Å². The molecule has 6 nitrogen and oxygen atoms in total. The molecule has 1 rings (SSSR count). The predicted molar refractivity (Wildman–Crippen MR) is 85.5 cm³/mol. The van der Waals surface area contributed by atoms with Crippen molar-refractivity contribution in [2.24, 2.45) is 11.7 Å². The summed E-state index contributed by atoms with van der Waals surface area (Å²) in [6.45, 7) is 5.39. The Morgan fingerprint density at radius 1 is 1.36 bits per heavy atom. The molecule has 0 aromatic heterocycles. The van der Waals surface area contributed by atoms with Gasteiger partial charge >= 0.3 is 0 Å². The molecule has 1 amide bonds. The molecule has 130 valence electrons. The van der Waals surface area contributed by atoms with Crippen molar-refractivity contribution in [1.29, 1.82) is 0 Å². The summed E-state index contributed by atoms with van der Waals surface area (Å²) in [5.74, 6) is 0.0821. The molecule has 0 aliphatic heterocycles. The molecule has 0 radical (unpaired) electrons. The van der Waals surface area contributed by atoms with Crippen LogP contribution in [0.4, 0.5) is 0 Å². The molecule has 1 fully saturated rings. The van der Waals surface area contributed by atoms with Crippen molar-refractivity contribution in [3.63, 3.8) is 0 Å². The van der Waals surface area contributed by atoms with Crippen LogP contribution in [0.25, 0.3) is 0 Å². The minimum absolute atomic E-state index is 0.00121. The van der Waals surface area contributed by atoms with Gasteiger partial charge in [-0.15, -0.1) is 0 Å². The van der Waals surface area contributed by atoms with Gasteiger partial charge in [0.25, 0.3) is 0 Å². The third kappa shape index (κ3) is 7.54. The molecule has 22 heavy (non-hydrogen) atoms. The minimum atomic E-state index is -0.676. The van der Waals surface area contributed by atoms with E-state index in [0.717, 1.165) is 25.7 Å². The van der Waals surface area contributed by atoms with E-state index < -0.39 is 6.10 Å². The van der Waals surface area contributed by atoms with Crippen LogP contribution in [0.3, 0.4) is 0 Å². The standard InChI is InChI=1S/C16H32N2O4/c1-12(2)22-8-7-21-11-15(19)10-18(3)16(20)13-5-4-6-14(17)9-13/h12-15,19H,4-11,17H2,1-3H3. The van der Waals surface area contributed by atoms with Crippen LogP contribution in [-0.4, -0.2) is 67.6 Å². The van der Waals surface area contributed by atoms with Crippen molar-refractivity contribution in [1.82, 2.24) is 4.90 Å². The zero-order chi connectivity index (χ0) is 16.5. The first-order chi connectivity index (χ1) is 10.4. The van der Waals surface area contributed by atoms with Crippen molar-refractivity contribution in [2.45, 2.75) is 57.8 Å². The topological polar surface area (TPSA) is 85.0 Å². The summed E-state index contributed by atoms with van der Waals surface area (Å²) in [6, 6.07) is 0.130. The average Bonchev–Trinajstić information content (AvgIpc) is 2.45. The number of ether oxygens (including phenoxy) is 2. The number of carbonyl (C=O) groups excluding carboxylic acids is 1. The summed E-state index contributed by atoms with van der Waals surface area (Å²) in [4.78, 5) is 13.9. The van der Waals surface area contributed by atoms with Crippen LogP contribution in [0.1, 0.15) is 39.5 Å². The summed E-state index contributed by atoms with van der Waals surface area (Å²) >= 11 is 0. The summed E-state index contributed by atoms with van der Waals surface area (Å²) in [5.41, 5.74) is 5.93. The molecule has 3 N–H and O–H groups in total. The highest BCUT2D eigenvalue weighted by Crippen LogP contribution is 2.24. The highest BCUT2D eigenvalue weighted by molar-refractivity contribution is 5.78. The van der Waals surface area contributed by atoms with E-state index in [0.29, 0.717) is 13.2 Å². The minimum Gasteiger partial charge on any atom is -0.389 e. The van der Waals surface area contributed by atoms with Crippen molar-refractivity contribution in [2.75, 3.05) is 33.4 Å². The Morgan fingerprint density at radius 2 is 2.09 bits per heavy atom. The number of hydrogen-bond donors (Lipinski definition) is 2. The number of carbonyl (C=O) groups is 1. The van der Waals surface area contributed by atoms with Crippen LogP contribution in [0.15, 0.2) is 0 Å². The molecule has 1 aliphatic carbocycles. The van der Waals surface area contributed by atoms with Crippen molar-refractivity contribution in [3.05, 3.63) is 0 Å². The predicted octanol–water partition coefficient (Wildman–Crippen LogP) is 0.765. The molecule has 0 saturated heterocycles. The highest BCUT2D eigenvalue weighted by atomic mass is 16.5. The molecule has 1 saturated carbocycles. The Hall–Kier alpha value is -0.690. The van der Waals surface area contributed by atoms with Crippen molar-refractivity contribution < 1.29 is 19.4 Å². The van der Waals surface area contributed by atoms with Crippen LogP contribution in [0.2, 0.25) is 0 Å². The first-order valence-corrected chi connectivity index (χ1v) is 8.28. The maximum Gasteiger partial charge on any atom is 0.225 e. The molecule has 3 atom stereocenters. The molecular formula is C16H32N2O4. The van der Waals surface area contributed by atoms with Crippen LogP contribution in [0.5, 0.6) is 0 Å². The highest BCUT2D eigenvalue weighted by Gasteiger charge is 2.28. The van der Waals surface area contributed by atoms with E-state index in [1.54, 1.807) is 11.9 Å². The van der Waals surface area contributed by atoms with E-state index in [1.807, 2.05) is 13.8 Å². The lowest BCUT2D eigenvalue weighted by Gasteiger charge is -2.30. The van der Waals surface area contributed by atoms with E-state index in [2.05, 4.69) is 0 Å². The largest absolute Gasteiger partial charge is 0.389 e. The van der Waals surface area contributed by atoms with Crippen molar-refractivity contribution in [3.8, 4) is 0 Å². The Kier molecular flexibility index (Phi) is 8.93. The van der Waals surface area contributed by atoms with Gasteiger partial charge in [0.05, 0.1) is 32.0 Å². The second kappa shape index (κ2) is 10.2. The third-order valence-corrected chi connectivity index (χ3v) is 3.91. The maximum absolute atomic E-state index is 12.3. The number of nitrogens with two attached hydrogens (primary N) is 1. The lowest BCUT2D eigenvalue weighted by atomic mass is 9.85. The van der Waals surface area contributed by atoms with Crippen LogP contribution >= 0.6 is 0 Å². The van der Waals surface area contributed by atoms with Crippen LogP contribution in [-0.2, 0) is 14.3 Å². The fourth-order valence-corrected chi connectivity index (χ4v) is 2.78. The molecule has 1 aliphatic rings. The smallest absolute Gasteiger partial charge is 0.225 e. The van der Waals surface area contributed by atoms with Gasteiger partial charge in [0.15, 0.2) is 0 Å². The number of rotatable bonds is 9. The van der Waals surface area contributed by atoms with Crippen LogP contribution < -0.4 is 5.73 Å². The van der Waals surface area contributed by atoms with Gasteiger partial charge in [-0.25, -0.2) is 0 Å². The zero-order valence-electron chi connectivity index (χ0n) is 14.2. The first kappa shape index (κ1) is 19.4. The summed E-state index contributed by atoms with van der Waals surface area (Å²) in [7, 11) is 1.73.